The van der Waals surface area contributed by atoms with Crippen molar-refractivity contribution in [2.24, 2.45) is 0 Å². The third-order valence-corrected chi connectivity index (χ3v) is 5.08. The second kappa shape index (κ2) is 7.59. The van der Waals surface area contributed by atoms with Gasteiger partial charge in [0, 0.05) is 30.6 Å². The summed E-state index contributed by atoms with van der Waals surface area (Å²) in [6.45, 7) is 1.49. The number of benzene rings is 1. The number of nitrogens with zero attached hydrogens (tertiary/aromatic N) is 1. The van der Waals surface area contributed by atoms with E-state index in [-0.39, 0.29) is 24.3 Å². The lowest BCUT2D eigenvalue weighted by atomic mass is 10.1. The predicted octanol–water partition coefficient (Wildman–Crippen LogP) is 2.60. The molecule has 2 heterocycles. The van der Waals surface area contributed by atoms with E-state index in [1.54, 1.807) is 23.3 Å². The van der Waals surface area contributed by atoms with Gasteiger partial charge in [-0.05, 0) is 23.1 Å². The molecule has 24 heavy (non-hydrogen) atoms. The van der Waals surface area contributed by atoms with Crippen molar-refractivity contribution in [1.82, 2.24) is 10.2 Å². The molecule has 0 spiro atoms. The number of hydrogen-bond donors (Lipinski definition) is 1. The first-order valence-corrected chi connectivity index (χ1v) is 8.76. The van der Waals surface area contributed by atoms with E-state index < -0.39 is 0 Å². The van der Waals surface area contributed by atoms with Gasteiger partial charge >= 0.3 is 0 Å². The van der Waals surface area contributed by atoms with Gasteiger partial charge in [0.05, 0.1) is 19.1 Å². The fourth-order valence-corrected chi connectivity index (χ4v) is 3.75. The molecule has 0 saturated heterocycles. The number of hydrogen-bond acceptors (Lipinski definition) is 4. The van der Waals surface area contributed by atoms with Crippen molar-refractivity contribution in [3.63, 3.8) is 0 Å². The van der Waals surface area contributed by atoms with E-state index >= 15 is 0 Å². The van der Waals surface area contributed by atoms with Crippen molar-refractivity contribution in [3.05, 3.63) is 57.8 Å². The molecule has 1 aliphatic rings. The molecule has 1 atom stereocenters. The summed E-state index contributed by atoms with van der Waals surface area (Å²) < 4.78 is 4.95. The SMILES string of the molecule is COCCNC(=O)CC(c1cccs1)N1Cc2ccccc2C1=O. The number of methoxy groups -OCH3 is 1. The number of nitrogens with one attached hydrogen (secondary N) is 1. The van der Waals surface area contributed by atoms with Crippen LogP contribution < -0.4 is 5.32 Å². The van der Waals surface area contributed by atoms with Crippen molar-refractivity contribution in [1.29, 1.82) is 0 Å². The normalized spacial score (nSPS) is 14.5. The lowest BCUT2D eigenvalue weighted by Crippen LogP contribution is -2.35. The molecular formula is C18H20N2O3S. The summed E-state index contributed by atoms with van der Waals surface area (Å²) in [5, 5.41) is 4.81. The van der Waals surface area contributed by atoms with Crippen LogP contribution in [0.1, 0.15) is 33.3 Å². The average Bonchev–Trinajstić information content (AvgIpc) is 3.22. The fourth-order valence-electron chi connectivity index (χ4n) is 2.91. The molecule has 0 fully saturated rings. The van der Waals surface area contributed by atoms with Gasteiger partial charge in [-0.15, -0.1) is 11.3 Å². The molecule has 0 saturated carbocycles. The van der Waals surface area contributed by atoms with Crippen LogP contribution in [0.15, 0.2) is 41.8 Å². The van der Waals surface area contributed by atoms with Crippen molar-refractivity contribution in [2.45, 2.75) is 19.0 Å². The van der Waals surface area contributed by atoms with Gasteiger partial charge in [0.15, 0.2) is 0 Å². The molecule has 6 heteroatoms. The Morgan fingerprint density at radius 2 is 2.17 bits per heavy atom. The Balaban J connectivity index is 1.77. The first kappa shape index (κ1) is 16.7. The van der Waals surface area contributed by atoms with Crippen molar-refractivity contribution in [3.8, 4) is 0 Å². The first-order valence-electron chi connectivity index (χ1n) is 7.88. The average molecular weight is 344 g/mol. The zero-order chi connectivity index (χ0) is 16.9. The highest BCUT2D eigenvalue weighted by molar-refractivity contribution is 7.10. The van der Waals surface area contributed by atoms with Crippen LogP contribution in [0.4, 0.5) is 0 Å². The van der Waals surface area contributed by atoms with E-state index in [0.29, 0.717) is 19.7 Å². The second-order valence-corrected chi connectivity index (χ2v) is 6.65. The van der Waals surface area contributed by atoms with Gasteiger partial charge in [0.1, 0.15) is 0 Å². The second-order valence-electron chi connectivity index (χ2n) is 5.67. The maximum Gasteiger partial charge on any atom is 0.255 e. The summed E-state index contributed by atoms with van der Waals surface area (Å²) in [5.41, 5.74) is 1.75. The largest absolute Gasteiger partial charge is 0.383 e. The number of carbonyl (C=O) groups is 2. The molecule has 1 aromatic carbocycles. The fraction of sp³-hybridized carbons (Fsp3) is 0.333. The van der Waals surface area contributed by atoms with Crippen LogP contribution >= 0.6 is 11.3 Å². The number of carbonyl (C=O) groups excluding carboxylic acids is 2. The topological polar surface area (TPSA) is 58.6 Å². The van der Waals surface area contributed by atoms with Crippen molar-refractivity contribution >= 4 is 23.2 Å². The van der Waals surface area contributed by atoms with Gasteiger partial charge in [-0.25, -0.2) is 0 Å². The summed E-state index contributed by atoms with van der Waals surface area (Å²) in [7, 11) is 1.60. The Morgan fingerprint density at radius 3 is 2.88 bits per heavy atom. The zero-order valence-corrected chi connectivity index (χ0v) is 14.3. The maximum atomic E-state index is 12.8. The molecule has 3 rings (SSSR count). The maximum absolute atomic E-state index is 12.8. The molecule has 0 radical (unpaired) electrons. The lowest BCUT2D eigenvalue weighted by Gasteiger charge is -2.26. The molecule has 1 N–H and O–H groups in total. The number of thiophene rings is 1. The van der Waals surface area contributed by atoms with Crippen LogP contribution in [0.25, 0.3) is 0 Å². The smallest absolute Gasteiger partial charge is 0.255 e. The molecule has 0 aliphatic carbocycles. The monoisotopic (exact) mass is 344 g/mol. The Morgan fingerprint density at radius 1 is 1.33 bits per heavy atom. The summed E-state index contributed by atoms with van der Waals surface area (Å²) in [4.78, 5) is 27.8. The summed E-state index contributed by atoms with van der Waals surface area (Å²) in [6.07, 6.45) is 0.254. The molecular weight excluding hydrogens is 324 g/mol. The van der Waals surface area contributed by atoms with Gasteiger partial charge in [0.25, 0.3) is 5.91 Å². The molecule has 2 aromatic rings. The zero-order valence-electron chi connectivity index (χ0n) is 13.5. The van der Waals surface area contributed by atoms with E-state index in [4.69, 9.17) is 4.74 Å². The number of ether oxygens (including phenoxy) is 1. The minimum Gasteiger partial charge on any atom is -0.383 e. The minimum absolute atomic E-state index is 0.00584. The van der Waals surface area contributed by atoms with E-state index in [2.05, 4.69) is 5.32 Å². The van der Waals surface area contributed by atoms with E-state index in [1.165, 1.54) is 0 Å². The van der Waals surface area contributed by atoms with E-state index in [0.717, 1.165) is 16.0 Å². The van der Waals surface area contributed by atoms with Crippen LogP contribution in [-0.4, -0.2) is 37.0 Å². The highest BCUT2D eigenvalue weighted by atomic mass is 32.1. The highest BCUT2D eigenvalue weighted by Crippen LogP contribution is 2.35. The highest BCUT2D eigenvalue weighted by Gasteiger charge is 2.34. The Labute approximate surface area is 145 Å². The summed E-state index contributed by atoms with van der Waals surface area (Å²) >= 11 is 1.57. The van der Waals surface area contributed by atoms with Crippen LogP contribution in [0.5, 0.6) is 0 Å². The van der Waals surface area contributed by atoms with E-state index in [9.17, 15) is 9.59 Å². The van der Waals surface area contributed by atoms with Crippen LogP contribution in [0, 0.1) is 0 Å². The summed E-state index contributed by atoms with van der Waals surface area (Å²) in [6, 6.07) is 11.3. The van der Waals surface area contributed by atoms with Gasteiger partial charge in [-0.1, -0.05) is 24.3 Å². The van der Waals surface area contributed by atoms with Crippen LogP contribution in [0.3, 0.4) is 0 Å². The number of amides is 2. The van der Waals surface area contributed by atoms with Gasteiger partial charge in [-0.3, -0.25) is 9.59 Å². The Bertz CT molecular complexity index is 715. The molecule has 1 unspecified atom stereocenters. The van der Waals surface area contributed by atoms with Gasteiger partial charge in [-0.2, -0.15) is 0 Å². The standard InChI is InChI=1S/C18H20N2O3S/c1-23-9-8-19-17(21)11-15(16-7-4-10-24-16)20-12-13-5-2-3-6-14(13)18(20)22/h2-7,10,15H,8-9,11-12H2,1H3,(H,19,21). The number of fused-ring (bicyclic) bond motifs is 1. The molecule has 1 aliphatic heterocycles. The molecule has 0 bridgehead atoms. The predicted molar refractivity (Wildman–Crippen MR) is 92.9 cm³/mol. The van der Waals surface area contributed by atoms with Crippen molar-refractivity contribution in [2.75, 3.05) is 20.3 Å². The molecule has 1 aromatic heterocycles. The quantitative estimate of drug-likeness (QED) is 0.786. The molecule has 5 nitrogen and oxygen atoms in total. The summed E-state index contributed by atoms with van der Waals surface area (Å²) in [5.74, 6) is -0.0807. The Kier molecular flexibility index (Phi) is 5.27. The molecule has 126 valence electrons. The lowest BCUT2D eigenvalue weighted by molar-refractivity contribution is -0.122. The van der Waals surface area contributed by atoms with Crippen molar-refractivity contribution < 1.29 is 14.3 Å². The third-order valence-electron chi connectivity index (χ3n) is 4.10. The van der Waals surface area contributed by atoms with E-state index in [1.807, 2.05) is 41.8 Å². The first-order chi connectivity index (χ1) is 11.7. The van der Waals surface area contributed by atoms with Crippen LogP contribution in [-0.2, 0) is 16.1 Å². The minimum atomic E-state index is -0.243. The van der Waals surface area contributed by atoms with Crippen LogP contribution in [0.2, 0.25) is 0 Å². The Hall–Kier alpha value is -2.18. The van der Waals surface area contributed by atoms with Gasteiger partial charge in [0.2, 0.25) is 5.91 Å². The van der Waals surface area contributed by atoms with Gasteiger partial charge < -0.3 is 15.0 Å². The number of rotatable bonds is 7. The third kappa shape index (κ3) is 3.49. The molecule has 2 amide bonds.